The summed E-state index contributed by atoms with van der Waals surface area (Å²) in [5, 5.41) is 8.94. The summed E-state index contributed by atoms with van der Waals surface area (Å²) in [7, 11) is 0. The van der Waals surface area contributed by atoms with Crippen LogP contribution in [-0.4, -0.2) is 11.6 Å². The number of rotatable bonds is 6. The Labute approximate surface area is 113 Å². The lowest BCUT2D eigenvalue weighted by atomic mass is 10.1. The predicted octanol–water partition coefficient (Wildman–Crippen LogP) is 3.06. The SMILES string of the molecule is CCCCOc1ccccc1/C=C(\C#N)C(N)=S. The molecule has 1 aromatic carbocycles. The quantitative estimate of drug-likeness (QED) is 0.369. The number of hydrogen-bond acceptors (Lipinski definition) is 3. The van der Waals surface area contributed by atoms with Gasteiger partial charge in [0.2, 0.25) is 0 Å². The minimum atomic E-state index is 0.0980. The van der Waals surface area contributed by atoms with Gasteiger partial charge in [-0.25, -0.2) is 0 Å². The van der Waals surface area contributed by atoms with Crippen LogP contribution in [0.2, 0.25) is 0 Å². The summed E-state index contributed by atoms with van der Waals surface area (Å²) in [5.41, 5.74) is 6.57. The molecule has 0 aliphatic rings. The second-order valence-corrected chi connectivity index (χ2v) is 4.21. The molecule has 0 unspecified atom stereocenters. The number of ether oxygens (including phenoxy) is 1. The van der Waals surface area contributed by atoms with Crippen LogP contribution in [0.1, 0.15) is 25.3 Å². The molecule has 18 heavy (non-hydrogen) atoms. The Bertz CT molecular complexity index is 489. The molecule has 0 bridgehead atoms. The molecule has 0 aliphatic heterocycles. The first-order valence-corrected chi connectivity index (χ1v) is 6.23. The van der Waals surface area contributed by atoms with E-state index >= 15 is 0 Å². The first-order valence-electron chi connectivity index (χ1n) is 5.82. The lowest BCUT2D eigenvalue weighted by Crippen LogP contribution is -2.09. The van der Waals surface area contributed by atoms with Gasteiger partial charge >= 0.3 is 0 Å². The molecule has 0 amide bonds. The van der Waals surface area contributed by atoms with Gasteiger partial charge in [-0.1, -0.05) is 43.8 Å². The van der Waals surface area contributed by atoms with Crippen LogP contribution in [-0.2, 0) is 0 Å². The second kappa shape index (κ2) is 7.46. The molecule has 0 saturated carbocycles. The van der Waals surface area contributed by atoms with Crippen LogP contribution < -0.4 is 10.5 Å². The van der Waals surface area contributed by atoms with Crippen LogP contribution in [0.3, 0.4) is 0 Å². The van der Waals surface area contributed by atoms with Gasteiger partial charge in [0.25, 0.3) is 0 Å². The molecule has 1 rings (SSSR count). The lowest BCUT2D eigenvalue weighted by Gasteiger charge is -2.08. The molecule has 3 nitrogen and oxygen atoms in total. The number of hydrogen-bond donors (Lipinski definition) is 1. The van der Waals surface area contributed by atoms with E-state index in [0.717, 1.165) is 24.2 Å². The monoisotopic (exact) mass is 260 g/mol. The highest BCUT2D eigenvalue weighted by molar-refractivity contribution is 7.80. The van der Waals surface area contributed by atoms with E-state index in [-0.39, 0.29) is 10.6 Å². The molecule has 2 N–H and O–H groups in total. The van der Waals surface area contributed by atoms with E-state index in [0.29, 0.717) is 6.61 Å². The fourth-order valence-electron chi connectivity index (χ4n) is 1.37. The van der Waals surface area contributed by atoms with Crippen LogP contribution in [0, 0.1) is 11.3 Å². The fourth-order valence-corrected chi connectivity index (χ4v) is 1.48. The maximum atomic E-state index is 8.94. The number of benzene rings is 1. The molecular weight excluding hydrogens is 244 g/mol. The Hall–Kier alpha value is -1.86. The average molecular weight is 260 g/mol. The van der Waals surface area contributed by atoms with Gasteiger partial charge in [-0.15, -0.1) is 0 Å². The third kappa shape index (κ3) is 4.19. The van der Waals surface area contributed by atoms with E-state index in [1.54, 1.807) is 6.08 Å². The lowest BCUT2D eigenvalue weighted by molar-refractivity contribution is 0.309. The molecule has 0 radical (unpaired) electrons. The van der Waals surface area contributed by atoms with Gasteiger partial charge in [0.15, 0.2) is 0 Å². The Morgan fingerprint density at radius 1 is 1.50 bits per heavy atom. The van der Waals surface area contributed by atoms with Crippen LogP contribution in [0.25, 0.3) is 6.08 Å². The minimum absolute atomic E-state index is 0.0980. The highest BCUT2D eigenvalue weighted by Gasteiger charge is 2.04. The van der Waals surface area contributed by atoms with Gasteiger partial charge in [0.05, 0.1) is 12.2 Å². The molecule has 0 saturated heterocycles. The number of nitrogens with zero attached hydrogens (tertiary/aromatic N) is 1. The largest absolute Gasteiger partial charge is 0.493 e. The minimum Gasteiger partial charge on any atom is -0.493 e. The van der Waals surface area contributed by atoms with Crippen molar-refractivity contribution in [2.24, 2.45) is 5.73 Å². The number of nitriles is 1. The van der Waals surface area contributed by atoms with E-state index in [1.807, 2.05) is 30.3 Å². The highest BCUT2D eigenvalue weighted by Crippen LogP contribution is 2.21. The molecular formula is C14H16N2OS. The van der Waals surface area contributed by atoms with Gasteiger partial charge < -0.3 is 10.5 Å². The van der Waals surface area contributed by atoms with Crippen molar-refractivity contribution in [2.75, 3.05) is 6.61 Å². The number of unbranched alkanes of at least 4 members (excludes halogenated alkanes) is 1. The summed E-state index contributed by atoms with van der Waals surface area (Å²) in [5.74, 6) is 0.745. The fraction of sp³-hybridized carbons (Fsp3) is 0.286. The molecule has 0 aromatic heterocycles. The van der Waals surface area contributed by atoms with E-state index in [1.165, 1.54) is 0 Å². The highest BCUT2D eigenvalue weighted by atomic mass is 32.1. The third-order valence-electron chi connectivity index (χ3n) is 2.36. The molecule has 0 spiro atoms. The van der Waals surface area contributed by atoms with Crippen molar-refractivity contribution in [3.63, 3.8) is 0 Å². The first kappa shape index (κ1) is 14.2. The Kier molecular flexibility index (Phi) is 5.89. The van der Waals surface area contributed by atoms with Crippen molar-refractivity contribution < 1.29 is 4.74 Å². The topological polar surface area (TPSA) is 59.0 Å². The van der Waals surface area contributed by atoms with Crippen molar-refractivity contribution in [1.82, 2.24) is 0 Å². The van der Waals surface area contributed by atoms with Crippen molar-refractivity contribution in [3.8, 4) is 11.8 Å². The molecule has 0 fully saturated rings. The summed E-state index contributed by atoms with van der Waals surface area (Å²) in [4.78, 5) is 0.0980. The maximum absolute atomic E-state index is 8.94. The summed E-state index contributed by atoms with van der Waals surface area (Å²) < 4.78 is 5.66. The second-order valence-electron chi connectivity index (χ2n) is 3.77. The van der Waals surface area contributed by atoms with Gasteiger partial charge in [0.1, 0.15) is 16.8 Å². The third-order valence-corrected chi connectivity index (χ3v) is 2.58. The van der Waals surface area contributed by atoms with Crippen LogP contribution in [0.4, 0.5) is 0 Å². The summed E-state index contributed by atoms with van der Waals surface area (Å²) in [6.45, 7) is 2.77. The average Bonchev–Trinajstić information content (AvgIpc) is 2.37. The normalized spacial score (nSPS) is 10.8. The number of para-hydroxylation sites is 1. The van der Waals surface area contributed by atoms with Crippen molar-refractivity contribution in [2.45, 2.75) is 19.8 Å². The first-order chi connectivity index (χ1) is 8.69. The molecule has 1 aromatic rings. The zero-order valence-electron chi connectivity index (χ0n) is 10.3. The maximum Gasteiger partial charge on any atom is 0.126 e. The smallest absolute Gasteiger partial charge is 0.126 e. The molecule has 4 heteroatoms. The zero-order chi connectivity index (χ0) is 13.4. The van der Waals surface area contributed by atoms with Crippen molar-refractivity contribution in [1.29, 1.82) is 5.26 Å². The zero-order valence-corrected chi connectivity index (χ0v) is 11.2. The standard InChI is InChI=1S/C14H16N2OS/c1-2-3-8-17-13-7-5-4-6-11(13)9-12(10-15)14(16)18/h4-7,9H,2-3,8H2,1H3,(H2,16,18)/b12-9+. The summed E-state index contributed by atoms with van der Waals surface area (Å²) in [6.07, 6.45) is 3.73. The van der Waals surface area contributed by atoms with Gasteiger partial charge in [-0.05, 0) is 18.6 Å². The summed E-state index contributed by atoms with van der Waals surface area (Å²) >= 11 is 4.81. The molecule has 94 valence electrons. The van der Waals surface area contributed by atoms with Gasteiger partial charge in [-0.2, -0.15) is 5.26 Å². The van der Waals surface area contributed by atoms with E-state index in [4.69, 9.17) is 28.0 Å². The number of nitrogens with two attached hydrogens (primary N) is 1. The van der Waals surface area contributed by atoms with Crippen molar-refractivity contribution >= 4 is 23.3 Å². The Morgan fingerprint density at radius 2 is 2.22 bits per heavy atom. The number of thiocarbonyl (C=S) groups is 1. The predicted molar refractivity (Wildman–Crippen MR) is 77.2 cm³/mol. The van der Waals surface area contributed by atoms with E-state index in [2.05, 4.69) is 6.92 Å². The van der Waals surface area contributed by atoms with E-state index in [9.17, 15) is 0 Å². The van der Waals surface area contributed by atoms with Crippen LogP contribution >= 0.6 is 12.2 Å². The van der Waals surface area contributed by atoms with E-state index < -0.39 is 0 Å². The van der Waals surface area contributed by atoms with Crippen molar-refractivity contribution in [3.05, 3.63) is 35.4 Å². The molecule has 0 heterocycles. The molecule has 0 aliphatic carbocycles. The van der Waals surface area contributed by atoms with Crippen LogP contribution in [0.5, 0.6) is 5.75 Å². The summed E-state index contributed by atoms with van der Waals surface area (Å²) in [6, 6.07) is 9.50. The Morgan fingerprint density at radius 3 is 2.83 bits per heavy atom. The molecule has 0 atom stereocenters. The van der Waals surface area contributed by atoms with Crippen LogP contribution in [0.15, 0.2) is 29.8 Å². The van der Waals surface area contributed by atoms with Gasteiger partial charge in [-0.3, -0.25) is 0 Å². The van der Waals surface area contributed by atoms with Gasteiger partial charge in [0, 0.05) is 5.56 Å². The Balaban J connectivity index is 2.95.